The van der Waals surface area contributed by atoms with Gasteiger partial charge in [0, 0.05) is 20.7 Å². The fourth-order valence-electron chi connectivity index (χ4n) is 2.03. The zero-order chi connectivity index (χ0) is 15.2. The van der Waals surface area contributed by atoms with Crippen molar-refractivity contribution in [2.45, 2.75) is 11.4 Å². The number of benzene rings is 2. The highest BCUT2D eigenvalue weighted by atomic mass is 127. The van der Waals surface area contributed by atoms with Crippen molar-refractivity contribution in [3.63, 3.8) is 0 Å². The van der Waals surface area contributed by atoms with Crippen LogP contribution in [0.25, 0.3) is 0 Å². The van der Waals surface area contributed by atoms with Gasteiger partial charge in [-0.25, -0.2) is 0 Å². The van der Waals surface area contributed by atoms with Crippen LogP contribution in [-0.4, -0.2) is 20.5 Å². The van der Waals surface area contributed by atoms with Crippen LogP contribution in [0.4, 0.5) is 5.69 Å². The second kappa shape index (κ2) is 7.79. The summed E-state index contributed by atoms with van der Waals surface area (Å²) in [5.74, 6) is 1.52. The maximum atomic E-state index is 5.38. The van der Waals surface area contributed by atoms with Crippen molar-refractivity contribution in [2.75, 3.05) is 25.8 Å². The van der Waals surface area contributed by atoms with Crippen LogP contribution in [0.5, 0.6) is 11.5 Å². The van der Waals surface area contributed by atoms with E-state index in [4.69, 9.17) is 9.47 Å². The van der Waals surface area contributed by atoms with Gasteiger partial charge in [0.1, 0.15) is 0 Å². The highest BCUT2D eigenvalue weighted by Gasteiger charge is 2.10. The molecule has 0 fully saturated rings. The molecule has 0 unspecified atom stereocenters. The van der Waals surface area contributed by atoms with E-state index in [0.717, 1.165) is 23.7 Å². The van der Waals surface area contributed by atoms with Crippen molar-refractivity contribution in [1.82, 2.24) is 0 Å². The van der Waals surface area contributed by atoms with Crippen molar-refractivity contribution in [3.05, 3.63) is 45.5 Å². The molecule has 0 radical (unpaired) electrons. The van der Waals surface area contributed by atoms with Crippen molar-refractivity contribution < 1.29 is 9.47 Å². The van der Waals surface area contributed by atoms with Gasteiger partial charge in [-0.1, -0.05) is 6.07 Å². The highest BCUT2D eigenvalue weighted by molar-refractivity contribution is 14.1. The van der Waals surface area contributed by atoms with Crippen LogP contribution in [0.3, 0.4) is 0 Å². The molecule has 0 bridgehead atoms. The monoisotopic (exact) mass is 415 g/mol. The van der Waals surface area contributed by atoms with Gasteiger partial charge in [-0.3, -0.25) is 0 Å². The minimum atomic E-state index is 0.747. The Labute approximate surface area is 143 Å². The molecule has 0 aromatic heterocycles. The van der Waals surface area contributed by atoms with E-state index in [2.05, 4.69) is 52.4 Å². The number of rotatable bonds is 6. The Morgan fingerprint density at radius 3 is 2.43 bits per heavy atom. The average Bonchev–Trinajstić information content (AvgIpc) is 2.52. The first-order valence-corrected chi connectivity index (χ1v) is 8.76. The molecule has 0 amide bonds. The number of halogens is 1. The van der Waals surface area contributed by atoms with E-state index in [-0.39, 0.29) is 0 Å². The van der Waals surface area contributed by atoms with E-state index < -0.39 is 0 Å². The molecular formula is C16H18INO2S. The van der Waals surface area contributed by atoms with Gasteiger partial charge in [-0.05, 0) is 64.7 Å². The standard InChI is InChI=1S/C16H18INO2S/c1-19-14-7-11(16(21-3)9-15(14)20-2)10-18-13-6-4-5-12(17)8-13/h4-9,18H,10H2,1-3H3. The van der Waals surface area contributed by atoms with E-state index in [1.54, 1.807) is 26.0 Å². The molecule has 0 aliphatic heterocycles. The van der Waals surface area contributed by atoms with Crippen molar-refractivity contribution in [1.29, 1.82) is 0 Å². The molecule has 21 heavy (non-hydrogen) atoms. The molecule has 2 rings (SSSR count). The number of ether oxygens (including phenoxy) is 2. The minimum absolute atomic E-state index is 0.747. The lowest BCUT2D eigenvalue weighted by Gasteiger charge is -2.15. The van der Waals surface area contributed by atoms with Crippen molar-refractivity contribution in [3.8, 4) is 11.5 Å². The van der Waals surface area contributed by atoms with Crippen molar-refractivity contribution in [2.24, 2.45) is 0 Å². The van der Waals surface area contributed by atoms with E-state index in [1.165, 1.54) is 14.0 Å². The second-order valence-electron chi connectivity index (χ2n) is 4.38. The maximum Gasteiger partial charge on any atom is 0.161 e. The highest BCUT2D eigenvalue weighted by Crippen LogP contribution is 2.34. The lowest BCUT2D eigenvalue weighted by molar-refractivity contribution is 0.353. The Bertz CT molecular complexity index is 619. The van der Waals surface area contributed by atoms with Crippen LogP contribution in [0.15, 0.2) is 41.3 Å². The number of thioether (sulfide) groups is 1. The van der Waals surface area contributed by atoms with Gasteiger partial charge in [0.25, 0.3) is 0 Å². The zero-order valence-electron chi connectivity index (χ0n) is 12.3. The molecule has 2 aromatic carbocycles. The summed E-state index contributed by atoms with van der Waals surface area (Å²) >= 11 is 4.02. The molecule has 0 heterocycles. The third-order valence-corrected chi connectivity index (χ3v) is 4.59. The quantitative estimate of drug-likeness (QED) is 0.550. The average molecular weight is 415 g/mol. The number of hydrogen-bond acceptors (Lipinski definition) is 4. The molecule has 0 atom stereocenters. The summed E-state index contributed by atoms with van der Waals surface area (Å²) < 4.78 is 12.0. The van der Waals surface area contributed by atoms with E-state index >= 15 is 0 Å². The smallest absolute Gasteiger partial charge is 0.161 e. The molecule has 2 aromatic rings. The Hall–Kier alpha value is -1.08. The predicted molar refractivity (Wildman–Crippen MR) is 97.8 cm³/mol. The van der Waals surface area contributed by atoms with Crippen LogP contribution < -0.4 is 14.8 Å². The Kier molecular flexibility index (Phi) is 6.05. The molecule has 0 saturated carbocycles. The van der Waals surface area contributed by atoms with E-state index in [0.29, 0.717) is 0 Å². The summed E-state index contributed by atoms with van der Waals surface area (Å²) in [6.07, 6.45) is 2.07. The molecule has 1 N–H and O–H groups in total. The summed E-state index contributed by atoms with van der Waals surface area (Å²) in [5.41, 5.74) is 2.31. The number of methoxy groups -OCH3 is 2. The third-order valence-electron chi connectivity index (χ3n) is 3.09. The number of nitrogens with one attached hydrogen (secondary N) is 1. The largest absolute Gasteiger partial charge is 0.493 e. The van der Waals surface area contributed by atoms with Crippen LogP contribution in [0.2, 0.25) is 0 Å². The van der Waals surface area contributed by atoms with E-state index in [9.17, 15) is 0 Å². The first-order chi connectivity index (χ1) is 10.2. The fraction of sp³-hybridized carbons (Fsp3) is 0.250. The normalized spacial score (nSPS) is 10.3. The summed E-state index contributed by atoms with van der Waals surface area (Å²) in [5, 5.41) is 3.45. The van der Waals surface area contributed by atoms with Crippen molar-refractivity contribution >= 4 is 40.0 Å². The molecule has 3 nitrogen and oxygen atoms in total. The summed E-state index contributed by atoms with van der Waals surface area (Å²) in [6, 6.07) is 12.4. The first kappa shape index (κ1) is 16.3. The van der Waals surface area contributed by atoms with Crippen LogP contribution >= 0.6 is 34.4 Å². The molecule has 112 valence electrons. The summed E-state index contributed by atoms with van der Waals surface area (Å²) in [6.45, 7) is 0.747. The Morgan fingerprint density at radius 1 is 1.10 bits per heavy atom. The van der Waals surface area contributed by atoms with Gasteiger partial charge < -0.3 is 14.8 Å². The second-order valence-corrected chi connectivity index (χ2v) is 6.48. The predicted octanol–water partition coefficient (Wildman–Crippen LogP) is 4.64. The molecule has 5 heteroatoms. The number of anilines is 1. The molecule has 0 aliphatic carbocycles. The van der Waals surface area contributed by atoms with Crippen LogP contribution in [0, 0.1) is 3.57 Å². The molecular weight excluding hydrogens is 397 g/mol. The Morgan fingerprint density at radius 2 is 1.81 bits per heavy atom. The minimum Gasteiger partial charge on any atom is -0.493 e. The van der Waals surface area contributed by atoms with Gasteiger partial charge >= 0.3 is 0 Å². The van der Waals surface area contributed by atoms with Gasteiger partial charge in [-0.15, -0.1) is 11.8 Å². The first-order valence-electron chi connectivity index (χ1n) is 6.46. The SMILES string of the molecule is COc1cc(CNc2cccc(I)c2)c(SC)cc1OC. The topological polar surface area (TPSA) is 30.5 Å². The molecule has 0 spiro atoms. The van der Waals surface area contributed by atoms with Gasteiger partial charge in [0.15, 0.2) is 11.5 Å². The van der Waals surface area contributed by atoms with Gasteiger partial charge in [0.2, 0.25) is 0 Å². The number of hydrogen-bond donors (Lipinski definition) is 1. The lowest BCUT2D eigenvalue weighted by atomic mass is 10.2. The van der Waals surface area contributed by atoms with Crippen LogP contribution in [-0.2, 0) is 6.54 Å². The molecule has 0 saturated heterocycles. The third kappa shape index (κ3) is 4.20. The lowest BCUT2D eigenvalue weighted by Crippen LogP contribution is -2.02. The van der Waals surface area contributed by atoms with Crippen LogP contribution in [0.1, 0.15) is 5.56 Å². The fourth-order valence-corrected chi connectivity index (χ4v) is 3.19. The maximum absolute atomic E-state index is 5.38. The summed E-state index contributed by atoms with van der Waals surface area (Å²) in [7, 11) is 3.32. The Balaban J connectivity index is 2.22. The molecule has 0 aliphatic rings. The van der Waals surface area contributed by atoms with E-state index in [1.807, 2.05) is 18.2 Å². The summed E-state index contributed by atoms with van der Waals surface area (Å²) in [4.78, 5) is 1.19. The zero-order valence-corrected chi connectivity index (χ0v) is 15.2. The van der Waals surface area contributed by atoms with Gasteiger partial charge in [-0.2, -0.15) is 0 Å². The van der Waals surface area contributed by atoms with Gasteiger partial charge in [0.05, 0.1) is 14.2 Å².